The summed E-state index contributed by atoms with van der Waals surface area (Å²) in [6.45, 7) is 0. The van der Waals surface area contributed by atoms with Crippen molar-refractivity contribution in [3.8, 4) is 0 Å². The second-order valence-corrected chi connectivity index (χ2v) is 18.7. The largest absolute Gasteiger partial charge is 0.311 e. The molecule has 0 spiro atoms. The van der Waals surface area contributed by atoms with E-state index in [0.29, 0.717) is 24.2 Å². The molecule has 0 aliphatic carbocycles. The van der Waals surface area contributed by atoms with Crippen molar-refractivity contribution >= 4 is 27.7 Å². The Kier molecular flexibility index (Phi) is 16.0. The Morgan fingerprint density at radius 2 is 0.667 bits per heavy atom. The Bertz CT molecular complexity index is 1870. The lowest BCUT2D eigenvalue weighted by molar-refractivity contribution is 0.316. The SMILES string of the molecule is CN1PN(C)[C@H](c2ccccc2)C1c1ccccc1.CN1[C@H](c2ccccc2)[C@@H](c2ccccc2)N(C)P1Cl.CNC(c1ccccc1)[C@H](NC)c1ccccc1. The maximum atomic E-state index is 6.62. The summed E-state index contributed by atoms with van der Waals surface area (Å²) in [5.74, 6) is 0. The Morgan fingerprint density at radius 3 is 0.930 bits per heavy atom. The molecule has 9 heteroatoms. The number of rotatable bonds is 9. The summed E-state index contributed by atoms with van der Waals surface area (Å²) in [5.41, 5.74) is 8.03. The second-order valence-electron chi connectivity index (χ2n) is 14.5. The zero-order valence-corrected chi connectivity index (χ0v) is 36.5. The molecule has 6 aromatic carbocycles. The van der Waals surface area contributed by atoms with Gasteiger partial charge in [-0.05, 0) is 75.7 Å². The van der Waals surface area contributed by atoms with E-state index in [-0.39, 0.29) is 12.1 Å². The van der Waals surface area contributed by atoms with Gasteiger partial charge >= 0.3 is 0 Å². The zero-order chi connectivity index (χ0) is 40.1. The molecule has 8 rings (SSSR count). The number of hydrogen-bond donors (Lipinski definition) is 2. The summed E-state index contributed by atoms with van der Waals surface area (Å²) in [6, 6.07) is 66.0. The highest BCUT2D eigenvalue weighted by Gasteiger charge is 2.44. The molecule has 6 aromatic rings. The molecule has 2 aliphatic rings. The van der Waals surface area contributed by atoms with E-state index in [9.17, 15) is 0 Å². The van der Waals surface area contributed by atoms with Crippen LogP contribution >= 0.6 is 27.7 Å². The van der Waals surface area contributed by atoms with Gasteiger partial charge in [-0.25, -0.2) is 0 Å². The van der Waals surface area contributed by atoms with Crippen LogP contribution in [0.2, 0.25) is 0 Å². The minimum Gasteiger partial charge on any atom is -0.311 e. The van der Waals surface area contributed by atoms with Gasteiger partial charge in [-0.15, -0.1) is 0 Å². The fourth-order valence-corrected chi connectivity index (χ4v) is 11.5. The van der Waals surface area contributed by atoms with Crippen LogP contribution in [0.4, 0.5) is 0 Å². The molecular formula is C48H57ClN6P2. The lowest BCUT2D eigenvalue weighted by Gasteiger charge is -2.27. The minimum atomic E-state index is -0.774. The predicted molar refractivity (Wildman–Crippen MR) is 245 cm³/mol. The predicted octanol–water partition coefficient (Wildman–Crippen LogP) is 11.6. The van der Waals surface area contributed by atoms with Crippen LogP contribution in [0.3, 0.4) is 0 Å². The molecular weight excluding hydrogens is 758 g/mol. The van der Waals surface area contributed by atoms with Crippen LogP contribution in [0.25, 0.3) is 0 Å². The van der Waals surface area contributed by atoms with Crippen molar-refractivity contribution in [3.63, 3.8) is 0 Å². The van der Waals surface area contributed by atoms with Crippen LogP contribution in [0.15, 0.2) is 182 Å². The first-order valence-corrected chi connectivity index (χ1v) is 22.7. The molecule has 0 bridgehead atoms. The number of hydrogen-bond acceptors (Lipinski definition) is 6. The average Bonchev–Trinajstić information content (AvgIpc) is 3.70. The highest BCUT2D eigenvalue weighted by Crippen LogP contribution is 2.65. The molecule has 0 amide bonds. The number of benzene rings is 6. The third kappa shape index (κ3) is 10.5. The molecule has 2 fully saturated rings. The van der Waals surface area contributed by atoms with E-state index in [0.717, 1.165) is 8.88 Å². The summed E-state index contributed by atoms with van der Waals surface area (Å²) in [4.78, 5) is 0. The Balaban J connectivity index is 0.000000145. The fraction of sp³-hybridized carbons (Fsp3) is 0.250. The van der Waals surface area contributed by atoms with Crippen molar-refractivity contribution in [1.29, 1.82) is 0 Å². The van der Waals surface area contributed by atoms with Gasteiger partial charge in [0.15, 0.2) is 0 Å². The van der Waals surface area contributed by atoms with Gasteiger partial charge in [0, 0.05) is 8.88 Å². The Hall–Kier alpha value is -3.77. The van der Waals surface area contributed by atoms with Crippen LogP contribution in [-0.4, -0.2) is 61.0 Å². The number of halogens is 1. The normalized spacial score (nSPS) is 21.9. The first-order valence-electron chi connectivity index (χ1n) is 19.6. The topological polar surface area (TPSA) is 37.0 Å². The van der Waals surface area contributed by atoms with E-state index in [4.69, 9.17) is 11.2 Å². The maximum Gasteiger partial charge on any atom is 0.141 e. The summed E-state index contributed by atoms with van der Waals surface area (Å²) in [7, 11) is 12.6. The molecule has 296 valence electrons. The number of likely N-dealkylation sites (N-methyl/N-ethyl adjacent to an activating group) is 6. The molecule has 6 nitrogen and oxygen atoms in total. The standard InChI is InChI=1S/C16H18ClN2P.C16H19N2P.C16H20N2/c1-18-15(13-9-5-3-6-10-13)16(19(2)20(18)17)14-11-7-4-8-12-14;1-17-15(13-9-5-3-6-10-13)16(18(2)19-17)14-11-7-4-8-12-14;1-17-15(13-9-5-3-6-10-13)16(18-2)14-11-7-4-8-12-14/h3-12,15-16H,1-2H3;3-12,15-16,19H,1-2H3;3-12,15-18H,1-2H3/t15-,16-;2*15-,16?/m111/s1. The van der Waals surface area contributed by atoms with Gasteiger partial charge in [0.25, 0.3) is 0 Å². The van der Waals surface area contributed by atoms with E-state index in [1.807, 2.05) is 26.2 Å². The van der Waals surface area contributed by atoms with Crippen LogP contribution < -0.4 is 10.6 Å². The molecule has 0 radical (unpaired) electrons. The van der Waals surface area contributed by atoms with Gasteiger partial charge in [0.1, 0.15) is 7.58 Å². The molecule has 3 unspecified atom stereocenters. The summed E-state index contributed by atoms with van der Waals surface area (Å²) in [5, 5.41) is 6.81. The van der Waals surface area contributed by atoms with Gasteiger partial charge in [-0.3, -0.25) is 18.7 Å². The molecule has 2 N–H and O–H groups in total. The Morgan fingerprint density at radius 1 is 0.421 bits per heavy atom. The first kappa shape index (κ1) is 42.8. The summed E-state index contributed by atoms with van der Waals surface area (Å²) >= 11 is 6.62. The third-order valence-corrected chi connectivity index (χ3v) is 15.1. The first-order chi connectivity index (χ1) is 27.8. The fourth-order valence-electron chi connectivity index (χ4n) is 8.21. The van der Waals surface area contributed by atoms with Crippen molar-refractivity contribution in [2.75, 3.05) is 42.3 Å². The average molecular weight is 815 g/mol. The zero-order valence-electron chi connectivity index (χ0n) is 33.9. The van der Waals surface area contributed by atoms with Gasteiger partial charge < -0.3 is 10.6 Å². The second kappa shape index (κ2) is 21.3. The van der Waals surface area contributed by atoms with Crippen LogP contribution in [0, 0.1) is 0 Å². The van der Waals surface area contributed by atoms with Crippen molar-refractivity contribution in [2.45, 2.75) is 36.3 Å². The molecule has 57 heavy (non-hydrogen) atoms. The van der Waals surface area contributed by atoms with Crippen molar-refractivity contribution in [2.24, 2.45) is 0 Å². The van der Waals surface area contributed by atoms with E-state index in [1.54, 1.807) is 0 Å². The summed E-state index contributed by atoms with van der Waals surface area (Å²) in [6.07, 6.45) is 0. The van der Waals surface area contributed by atoms with Gasteiger partial charge in [0.2, 0.25) is 0 Å². The Labute approximate surface area is 349 Å². The number of nitrogens with one attached hydrogen (secondary N) is 2. The highest BCUT2D eigenvalue weighted by atomic mass is 35.7. The van der Waals surface area contributed by atoms with E-state index < -0.39 is 7.58 Å². The van der Waals surface area contributed by atoms with Crippen molar-refractivity contribution < 1.29 is 0 Å². The van der Waals surface area contributed by atoms with Crippen LogP contribution in [0.1, 0.15) is 69.6 Å². The molecule has 0 aromatic heterocycles. The minimum absolute atomic E-state index is 0.263. The lowest BCUT2D eigenvalue weighted by atomic mass is 9.93. The van der Waals surface area contributed by atoms with E-state index in [2.05, 4.69) is 227 Å². The molecule has 2 heterocycles. The van der Waals surface area contributed by atoms with Crippen molar-refractivity contribution in [1.82, 2.24) is 29.3 Å². The third-order valence-electron chi connectivity index (χ3n) is 10.9. The van der Waals surface area contributed by atoms with Crippen LogP contribution in [-0.2, 0) is 0 Å². The monoisotopic (exact) mass is 814 g/mol. The molecule has 7 atom stereocenters. The highest BCUT2D eigenvalue weighted by molar-refractivity contribution is 7.80. The van der Waals surface area contributed by atoms with Gasteiger partial charge in [-0.1, -0.05) is 193 Å². The molecule has 2 aliphatic heterocycles. The smallest absolute Gasteiger partial charge is 0.141 e. The van der Waals surface area contributed by atoms with E-state index >= 15 is 0 Å². The molecule has 2 saturated heterocycles. The van der Waals surface area contributed by atoms with E-state index in [1.165, 1.54) is 33.4 Å². The molecule has 0 saturated carbocycles. The van der Waals surface area contributed by atoms with Gasteiger partial charge in [-0.2, -0.15) is 0 Å². The number of nitrogens with zero attached hydrogens (tertiary/aromatic N) is 4. The quantitative estimate of drug-likeness (QED) is 0.142. The van der Waals surface area contributed by atoms with Crippen LogP contribution in [0.5, 0.6) is 0 Å². The van der Waals surface area contributed by atoms with Gasteiger partial charge in [0.05, 0.1) is 36.3 Å². The maximum absolute atomic E-state index is 6.62. The summed E-state index contributed by atoms with van der Waals surface area (Å²) < 4.78 is 9.49. The van der Waals surface area contributed by atoms with Crippen molar-refractivity contribution in [3.05, 3.63) is 215 Å². The lowest BCUT2D eigenvalue weighted by Crippen LogP contribution is -2.31.